The summed E-state index contributed by atoms with van der Waals surface area (Å²) >= 11 is 0. The molecule has 1 N–H and O–H groups in total. The Bertz CT molecular complexity index is 207. The molecule has 14 heavy (non-hydrogen) atoms. The van der Waals surface area contributed by atoms with Crippen LogP contribution in [0.15, 0.2) is 0 Å². The molecular weight excluding hydrogens is 182 g/mol. The van der Waals surface area contributed by atoms with E-state index in [-0.39, 0.29) is 17.9 Å². The van der Waals surface area contributed by atoms with Crippen molar-refractivity contribution in [3.63, 3.8) is 0 Å². The second-order valence-corrected chi connectivity index (χ2v) is 4.14. The summed E-state index contributed by atoms with van der Waals surface area (Å²) in [6, 6.07) is 0. The Morgan fingerprint density at radius 1 is 1.43 bits per heavy atom. The smallest absolute Gasteiger partial charge is 0.228 e. The van der Waals surface area contributed by atoms with Crippen LogP contribution < -0.4 is 0 Å². The van der Waals surface area contributed by atoms with Gasteiger partial charge in [0.1, 0.15) is 0 Å². The summed E-state index contributed by atoms with van der Waals surface area (Å²) in [5.41, 5.74) is 0. The van der Waals surface area contributed by atoms with E-state index in [9.17, 15) is 9.90 Å². The van der Waals surface area contributed by atoms with E-state index in [0.29, 0.717) is 19.7 Å². The van der Waals surface area contributed by atoms with Crippen molar-refractivity contribution in [3.05, 3.63) is 0 Å². The van der Waals surface area contributed by atoms with Crippen molar-refractivity contribution in [1.29, 1.82) is 0 Å². The third-order valence-electron chi connectivity index (χ3n) is 2.98. The summed E-state index contributed by atoms with van der Waals surface area (Å²) in [4.78, 5) is 13.6. The number of β-amino-alcohol motifs (C(OH)–C–C–N with tert-alkyl or cyclic N) is 1. The van der Waals surface area contributed by atoms with Gasteiger partial charge >= 0.3 is 0 Å². The van der Waals surface area contributed by atoms with Crippen molar-refractivity contribution in [2.75, 3.05) is 26.3 Å². The molecule has 2 saturated heterocycles. The molecule has 0 spiro atoms. The van der Waals surface area contributed by atoms with Gasteiger partial charge in [-0.1, -0.05) is 0 Å². The Hall–Kier alpha value is -0.610. The fourth-order valence-corrected chi connectivity index (χ4v) is 2.14. The zero-order valence-corrected chi connectivity index (χ0v) is 8.32. The number of aliphatic hydroxyl groups excluding tert-OH is 1. The molecule has 0 aromatic carbocycles. The number of amides is 1. The standard InChI is InChI=1S/C10H17NO3/c12-9-3-4-11(6-9)10(13)8-2-1-5-14-7-8/h8-9,12H,1-7H2. The molecule has 0 aromatic rings. The minimum absolute atomic E-state index is 0.0362. The topological polar surface area (TPSA) is 49.8 Å². The van der Waals surface area contributed by atoms with Gasteiger partial charge in [-0.05, 0) is 19.3 Å². The first-order valence-electron chi connectivity index (χ1n) is 5.32. The Labute approximate surface area is 83.8 Å². The van der Waals surface area contributed by atoms with Gasteiger partial charge in [0.05, 0.1) is 18.6 Å². The van der Waals surface area contributed by atoms with E-state index >= 15 is 0 Å². The number of nitrogens with zero attached hydrogens (tertiary/aromatic N) is 1. The van der Waals surface area contributed by atoms with Crippen LogP contribution in [0.25, 0.3) is 0 Å². The third kappa shape index (κ3) is 2.07. The average Bonchev–Trinajstić information content (AvgIpc) is 2.65. The molecule has 2 rings (SSSR count). The predicted molar refractivity (Wildman–Crippen MR) is 50.7 cm³/mol. The van der Waals surface area contributed by atoms with Gasteiger partial charge in [0, 0.05) is 19.7 Å². The monoisotopic (exact) mass is 199 g/mol. The van der Waals surface area contributed by atoms with Crippen LogP contribution in [-0.2, 0) is 9.53 Å². The van der Waals surface area contributed by atoms with Crippen LogP contribution in [-0.4, -0.2) is 48.3 Å². The number of hydrogen-bond acceptors (Lipinski definition) is 3. The lowest BCUT2D eigenvalue weighted by atomic mass is 10.0. The molecule has 0 radical (unpaired) electrons. The van der Waals surface area contributed by atoms with E-state index in [4.69, 9.17) is 4.74 Å². The van der Waals surface area contributed by atoms with Crippen LogP contribution in [0.3, 0.4) is 0 Å². The molecular formula is C10H17NO3. The molecule has 80 valence electrons. The number of likely N-dealkylation sites (tertiary alicyclic amines) is 1. The van der Waals surface area contributed by atoms with Gasteiger partial charge in [-0.25, -0.2) is 0 Å². The van der Waals surface area contributed by atoms with E-state index in [1.165, 1.54) is 0 Å². The molecule has 0 saturated carbocycles. The number of ether oxygens (including phenoxy) is 1. The zero-order chi connectivity index (χ0) is 9.97. The summed E-state index contributed by atoms with van der Waals surface area (Å²) in [5, 5.41) is 9.32. The van der Waals surface area contributed by atoms with Crippen molar-refractivity contribution >= 4 is 5.91 Å². The van der Waals surface area contributed by atoms with Crippen LogP contribution in [0, 0.1) is 5.92 Å². The number of carbonyl (C=O) groups is 1. The van der Waals surface area contributed by atoms with Crippen molar-refractivity contribution in [1.82, 2.24) is 4.90 Å². The lowest BCUT2D eigenvalue weighted by Gasteiger charge is -2.26. The van der Waals surface area contributed by atoms with E-state index < -0.39 is 0 Å². The average molecular weight is 199 g/mol. The van der Waals surface area contributed by atoms with Gasteiger partial charge in [-0.2, -0.15) is 0 Å². The highest BCUT2D eigenvalue weighted by molar-refractivity contribution is 5.79. The highest BCUT2D eigenvalue weighted by atomic mass is 16.5. The number of hydrogen-bond donors (Lipinski definition) is 1. The molecule has 2 aliphatic heterocycles. The molecule has 2 heterocycles. The van der Waals surface area contributed by atoms with Crippen LogP contribution in [0.4, 0.5) is 0 Å². The molecule has 0 bridgehead atoms. The van der Waals surface area contributed by atoms with Crippen LogP contribution in [0.5, 0.6) is 0 Å². The van der Waals surface area contributed by atoms with Crippen LogP contribution in [0.1, 0.15) is 19.3 Å². The molecule has 2 unspecified atom stereocenters. The first-order chi connectivity index (χ1) is 6.77. The van der Waals surface area contributed by atoms with Gasteiger partial charge in [0.25, 0.3) is 0 Å². The van der Waals surface area contributed by atoms with Crippen molar-refractivity contribution in [3.8, 4) is 0 Å². The van der Waals surface area contributed by atoms with E-state index in [0.717, 1.165) is 25.9 Å². The first kappa shape index (κ1) is 9.93. The fraction of sp³-hybridized carbons (Fsp3) is 0.900. The zero-order valence-electron chi connectivity index (χ0n) is 8.32. The Kier molecular flexibility index (Phi) is 3.03. The summed E-state index contributed by atoms with van der Waals surface area (Å²) in [6.07, 6.45) is 2.32. The third-order valence-corrected chi connectivity index (χ3v) is 2.98. The normalized spacial score (nSPS) is 33.4. The first-order valence-corrected chi connectivity index (χ1v) is 5.32. The van der Waals surface area contributed by atoms with E-state index in [2.05, 4.69) is 0 Å². The summed E-state index contributed by atoms with van der Waals surface area (Å²) < 4.78 is 5.28. The molecule has 0 aliphatic carbocycles. The Morgan fingerprint density at radius 2 is 2.29 bits per heavy atom. The highest BCUT2D eigenvalue weighted by Gasteiger charge is 2.30. The lowest BCUT2D eigenvalue weighted by Crippen LogP contribution is -2.38. The summed E-state index contributed by atoms with van der Waals surface area (Å²) in [7, 11) is 0. The summed E-state index contributed by atoms with van der Waals surface area (Å²) in [5.74, 6) is 0.204. The van der Waals surface area contributed by atoms with Gasteiger partial charge in [0.15, 0.2) is 0 Å². The van der Waals surface area contributed by atoms with Gasteiger partial charge in [0.2, 0.25) is 5.91 Å². The summed E-state index contributed by atoms with van der Waals surface area (Å²) in [6.45, 7) is 2.56. The molecule has 1 amide bonds. The SMILES string of the molecule is O=C(C1CCCOC1)N1CCC(O)C1. The number of aliphatic hydroxyl groups is 1. The van der Waals surface area contributed by atoms with Crippen LogP contribution in [0.2, 0.25) is 0 Å². The lowest BCUT2D eigenvalue weighted by molar-refractivity contribution is -0.138. The quantitative estimate of drug-likeness (QED) is 0.647. The van der Waals surface area contributed by atoms with Gasteiger partial charge in [-0.15, -0.1) is 0 Å². The maximum Gasteiger partial charge on any atom is 0.228 e. The molecule has 2 aliphatic rings. The molecule has 4 heteroatoms. The van der Waals surface area contributed by atoms with Crippen LogP contribution >= 0.6 is 0 Å². The van der Waals surface area contributed by atoms with E-state index in [1.54, 1.807) is 4.90 Å². The van der Waals surface area contributed by atoms with Gasteiger partial charge in [-0.3, -0.25) is 4.79 Å². The minimum Gasteiger partial charge on any atom is -0.391 e. The maximum absolute atomic E-state index is 11.9. The maximum atomic E-state index is 11.9. The number of carbonyl (C=O) groups excluding carboxylic acids is 1. The minimum atomic E-state index is -0.316. The van der Waals surface area contributed by atoms with E-state index in [1.807, 2.05) is 0 Å². The largest absolute Gasteiger partial charge is 0.391 e. The van der Waals surface area contributed by atoms with Crippen molar-refractivity contribution in [2.24, 2.45) is 5.92 Å². The molecule has 2 atom stereocenters. The Balaban J connectivity index is 1.87. The second-order valence-electron chi connectivity index (χ2n) is 4.14. The predicted octanol–water partition coefficient (Wildman–Crippen LogP) is 0.00620. The van der Waals surface area contributed by atoms with Crippen molar-refractivity contribution in [2.45, 2.75) is 25.4 Å². The Morgan fingerprint density at radius 3 is 2.86 bits per heavy atom. The molecule has 0 aromatic heterocycles. The highest BCUT2D eigenvalue weighted by Crippen LogP contribution is 2.19. The molecule has 2 fully saturated rings. The molecule has 4 nitrogen and oxygen atoms in total. The number of rotatable bonds is 1. The second kappa shape index (κ2) is 4.28. The van der Waals surface area contributed by atoms with Gasteiger partial charge < -0.3 is 14.7 Å². The van der Waals surface area contributed by atoms with Crippen molar-refractivity contribution < 1.29 is 14.6 Å². The fourth-order valence-electron chi connectivity index (χ4n) is 2.14.